The van der Waals surface area contributed by atoms with Gasteiger partial charge in [0, 0.05) is 0 Å². The van der Waals surface area contributed by atoms with Gasteiger partial charge in [-0.25, -0.2) is 0 Å². The van der Waals surface area contributed by atoms with Crippen molar-refractivity contribution in [3.8, 4) is 0 Å². The van der Waals surface area contributed by atoms with Crippen molar-refractivity contribution < 1.29 is 4.74 Å². The molecule has 5 rings (SSSR count). The molecule has 1 nitrogen and oxygen atoms in total. The topological polar surface area (TPSA) is 9.23 Å². The Kier molecular flexibility index (Phi) is 4.13. The van der Waals surface area contributed by atoms with Gasteiger partial charge in [-0.3, -0.25) is 0 Å². The van der Waals surface area contributed by atoms with E-state index in [1.165, 1.54) is 26.6 Å². The fraction of sp³-hybridized carbons (Fsp3) is 0.0833. The van der Waals surface area contributed by atoms with Crippen molar-refractivity contribution in [2.45, 2.75) is 0 Å². The van der Waals surface area contributed by atoms with Crippen LogP contribution in [-0.2, 0) is 4.74 Å². The molecule has 2 heterocycles. The van der Waals surface area contributed by atoms with E-state index in [1.807, 2.05) is 0 Å². The van der Waals surface area contributed by atoms with Gasteiger partial charge in [0.25, 0.3) is 0 Å². The standard InChI is InChI=1S/C24H19AsO/c1-4-10-18(11-5-1)23-21-16-26-17-22(21)24(19-12-6-2-7-13-19)25(23)20-14-8-3-9-15-20/h1-15H,16-17H2. The van der Waals surface area contributed by atoms with Crippen LogP contribution >= 0.6 is 0 Å². The second kappa shape index (κ2) is 6.76. The average Bonchev–Trinajstić information content (AvgIpc) is 3.30. The van der Waals surface area contributed by atoms with Gasteiger partial charge >= 0.3 is 159 Å². The number of hydrogen-bond acceptors (Lipinski definition) is 1. The van der Waals surface area contributed by atoms with Gasteiger partial charge in [-0.05, 0) is 0 Å². The third-order valence-corrected chi connectivity index (χ3v) is 10.8. The van der Waals surface area contributed by atoms with Crippen LogP contribution in [0.25, 0.3) is 8.72 Å². The van der Waals surface area contributed by atoms with Crippen molar-refractivity contribution in [1.29, 1.82) is 0 Å². The summed E-state index contributed by atoms with van der Waals surface area (Å²) in [7, 11) is 0. The zero-order chi connectivity index (χ0) is 17.3. The fourth-order valence-electron chi connectivity index (χ4n) is 3.87. The Morgan fingerprint density at radius 1 is 0.538 bits per heavy atom. The van der Waals surface area contributed by atoms with Gasteiger partial charge in [-0.15, -0.1) is 0 Å². The molecule has 0 unspecified atom stereocenters. The van der Waals surface area contributed by atoms with E-state index in [9.17, 15) is 0 Å². The molecular formula is C24H19AsO. The Balaban J connectivity index is 1.76. The van der Waals surface area contributed by atoms with Crippen LogP contribution in [0.1, 0.15) is 11.1 Å². The van der Waals surface area contributed by atoms with E-state index in [0.717, 1.165) is 13.2 Å². The first-order valence-corrected chi connectivity index (χ1v) is 11.8. The Labute approximate surface area is 158 Å². The van der Waals surface area contributed by atoms with E-state index in [-0.39, 0.29) is 0 Å². The summed E-state index contributed by atoms with van der Waals surface area (Å²) in [4.78, 5) is 0. The summed E-state index contributed by atoms with van der Waals surface area (Å²) in [6.45, 7) is 1.49. The summed E-state index contributed by atoms with van der Waals surface area (Å²) in [6, 6.07) is 32.9. The Bertz CT molecular complexity index is 925. The van der Waals surface area contributed by atoms with Crippen LogP contribution in [-0.4, -0.2) is 27.9 Å². The molecule has 0 N–H and O–H groups in total. The maximum atomic E-state index is 5.91. The molecule has 0 saturated carbocycles. The monoisotopic (exact) mass is 398 g/mol. The van der Waals surface area contributed by atoms with Crippen molar-refractivity contribution in [3.05, 3.63) is 113 Å². The van der Waals surface area contributed by atoms with Crippen LogP contribution in [0.15, 0.2) is 102 Å². The van der Waals surface area contributed by atoms with Gasteiger partial charge < -0.3 is 0 Å². The molecule has 0 spiro atoms. The van der Waals surface area contributed by atoms with Crippen molar-refractivity contribution in [1.82, 2.24) is 0 Å². The molecule has 26 heavy (non-hydrogen) atoms. The van der Waals surface area contributed by atoms with Crippen molar-refractivity contribution in [2.75, 3.05) is 13.2 Å². The summed E-state index contributed by atoms with van der Waals surface area (Å²) >= 11 is -1.61. The Hall–Kier alpha value is -2.34. The first-order valence-electron chi connectivity index (χ1n) is 8.94. The van der Waals surface area contributed by atoms with E-state index >= 15 is 0 Å². The van der Waals surface area contributed by atoms with E-state index in [2.05, 4.69) is 91.0 Å². The van der Waals surface area contributed by atoms with Gasteiger partial charge in [0.15, 0.2) is 0 Å². The number of fused-ring (bicyclic) bond motifs is 1. The summed E-state index contributed by atoms with van der Waals surface area (Å²) in [5, 5.41) is 0. The molecule has 2 heteroatoms. The molecule has 1 saturated heterocycles. The number of benzene rings is 3. The molecule has 2 aliphatic rings. The number of hydrogen-bond donors (Lipinski definition) is 0. The molecule has 126 valence electrons. The molecule has 1 fully saturated rings. The third kappa shape index (κ3) is 2.60. The van der Waals surface area contributed by atoms with Gasteiger partial charge in [0.1, 0.15) is 0 Å². The van der Waals surface area contributed by atoms with Gasteiger partial charge in [-0.1, -0.05) is 0 Å². The number of ether oxygens (including phenoxy) is 1. The minimum atomic E-state index is -1.61. The first kappa shape index (κ1) is 15.9. The van der Waals surface area contributed by atoms with Gasteiger partial charge in [0.05, 0.1) is 0 Å². The second-order valence-electron chi connectivity index (χ2n) is 6.55. The molecule has 0 amide bonds. The summed E-state index contributed by atoms with van der Waals surface area (Å²) < 4.78 is 10.5. The van der Waals surface area contributed by atoms with Gasteiger partial charge in [0.2, 0.25) is 0 Å². The van der Waals surface area contributed by atoms with E-state index in [4.69, 9.17) is 4.74 Å². The predicted octanol–water partition coefficient (Wildman–Crippen LogP) is 4.42. The van der Waals surface area contributed by atoms with Crippen LogP contribution in [0.3, 0.4) is 0 Å². The van der Waals surface area contributed by atoms with Crippen molar-refractivity contribution in [2.24, 2.45) is 0 Å². The molecule has 0 aliphatic carbocycles. The van der Waals surface area contributed by atoms with Crippen LogP contribution in [0.2, 0.25) is 0 Å². The average molecular weight is 398 g/mol. The summed E-state index contributed by atoms with van der Waals surface area (Å²) in [5.41, 5.74) is 5.61. The first-order chi connectivity index (χ1) is 12.9. The molecule has 2 aliphatic heterocycles. The maximum absolute atomic E-state index is 5.91. The second-order valence-corrected chi connectivity index (χ2v) is 10.9. The molecular weight excluding hydrogens is 379 g/mol. The third-order valence-electron chi connectivity index (χ3n) is 4.98. The fourth-order valence-corrected chi connectivity index (χ4v) is 10.1. The Morgan fingerprint density at radius 2 is 0.962 bits per heavy atom. The number of rotatable bonds is 3. The molecule has 3 aromatic rings. The molecule has 0 aromatic heterocycles. The van der Waals surface area contributed by atoms with E-state index in [1.54, 1.807) is 8.72 Å². The quantitative estimate of drug-likeness (QED) is 0.594. The van der Waals surface area contributed by atoms with E-state index < -0.39 is 14.7 Å². The van der Waals surface area contributed by atoms with Crippen LogP contribution in [0.4, 0.5) is 0 Å². The minimum absolute atomic E-state index is 0.744. The van der Waals surface area contributed by atoms with Crippen molar-refractivity contribution in [3.63, 3.8) is 0 Å². The van der Waals surface area contributed by atoms with Crippen molar-refractivity contribution >= 4 is 27.7 Å². The van der Waals surface area contributed by atoms with Crippen LogP contribution in [0, 0.1) is 0 Å². The predicted molar refractivity (Wildman–Crippen MR) is 109 cm³/mol. The molecule has 0 bridgehead atoms. The zero-order valence-corrected chi connectivity index (χ0v) is 16.3. The SMILES string of the molecule is c1ccc(C2=C3COCC3=C(c3ccccc3)[As]2c2ccccc2)cc1. The zero-order valence-electron chi connectivity index (χ0n) is 14.4. The summed E-state index contributed by atoms with van der Waals surface area (Å²) in [5.74, 6) is 0. The molecule has 3 aromatic carbocycles. The Morgan fingerprint density at radius 3 is 1.42 bits per heavy atom. The van der Waals surface area contributed by atoms with Gasteiger partial charge in [-0.2, -0.15) is 0 Å². The molecule has 0 radical (unpaired) electrons. The molecule has 0 atom stereocenters. The normalized spacial score (nSPS) is 17.1. The van der Waals surface area contributed by atoms with Crippen LogP contribution in [0.5, 0.6) is 0 Å². The van der Waals surface area contributed by atoms with Crippen LogP contribution < -0.4 is 4.35 Å². The summed E-state index contributed by atoms with van der Waals surface area (Å²) in [6.07, 6.45) is 0. The van der Waals surface area contributed by atoms with E-state index in [0.29, 0.717) is 0 Å².